The molecule has 7 heteroatoms. The molecule has 2 aromatic heterocycles. The Morgan fingerprint density at radius 1 is 1.40 bits per heavy atom. The summed E-state index contributed by atoms with van der Waals surface area (Å²) in [5, 5.41) is 2.79. The Hall–Kier alpha value is -1.92. The zero-order valence-electron chi connectivity index (χ0n) is 14.5. The Bertz CT molecular complexity index is 761. The zero-order chi connectivity index (χ0) is 18.4. The number of esters is 1. The first-order chi connectivity index (χ1) is 12.0. The normalized spacial score (nSPS) is 11.8. The SMILES string of the molecule is CCCc1sc(C(=O)OC(C)C(=O)Nc2cccnc2Cl)cc1CC. The maximum absolute atomic E-state index is 12.3. The fourth-order valence-electron chi connectivity index (χ4n) is 2.29. The molecule has 5 nitrogen and oxygen atoms in total. The van der Waals surface area contributed by atoms with Gasteiger partial charge in [0, 0.05) is 11.1 Å². The van der Waals surface area contributed by atoms with Gasteiger partial charge in [-0.05, 0) is 43.5 Å². The van der Waals surface area contributed by atoms with Gasteiger partial charge in [0.1, 0.15) is 4.88 Å². The van der Waals surface area contributed by atoms with Crippen LogP contribution in [0.5, 0.6) is 0 Å². The molecule has 0 saturated heterocycles. The number of carbonyl (C=O) groups is 2. The van der Waals surface area contributed by atoms with Crippen LogP contribution >= 0.6 is 22.9 Å². The van der Waals surface area contributed by atoms with Crippen LogP contribution in [-0.4, -0.2) is 23.0 Å². The molecule has 0 aromatic carbocycles. The van der Waals surface area contributed by atoms with E-state index in [1.165, 1.54) is 29.3 Å². The molecule has 0 aliphatic rings. The number of amides is 1. The van der Waals surface area contributed by atoms with Crippen molar-refractivity contribution in [2.24, 2.45) is 0 Å². The van der Waals surface area contributed by atoms with Crippen LogP contribution in [0.1, 0.15) is 47.3 Å². The number of pyridine rings is 1. The van der Waals surface area contributed by atoms with Gasteiger partial charge in [-0.2, -0.15) is 0 Å². The van der Waals surface area contributed by atoms with E-state index in [-0.39, 0.29) is 5.15 Å². The third-order valence-electron chi connectivity index (χ3n) is 3.63. The smallest absolute Gasteiger partial charge is 0.349 e. The number of anilines is 1. The van der Waals surface area contributed by atoms with Crippen LogP contribution < -0.4 is 5.32 Å². The van der Waals surface area contributed by atoms with Crippen LogP contribution in [-0.2, 0) is 22.4 Å². The van der Waals surface area contributed by atoms with Crippen LogP contribution in [0.15, 0.2) is 24.4 Å². The van der Waals surface area contributed by atoms with E-state index in [9.17, 15) is 9.59 Å². The molecule has 134 valence electrons. The summed E-state index contributed by atoms with van der Waals surface area (Å²) in [5.41, 5.74) is 1.55. The van der Waals surface area contributed by atoms with Crippen molar-refractivity contribution in [3.63, 3.8) is 0 Å². The molecule has 2 heterocycles. The quantitative estimate of drug-likeness (QED) is 0.567. The average Bonchev–Trinajstić information content (AvgIpc) is 3.00. The summed E-state index contributed by atoms with van der Waals surface area (Å²) in [7, 11) is 0. The largest absolute Gasteiger partial charge is 0.448 e. The number of aryl methyl sites for hydroxylation is 2. The number of hydrogen-bond donors (Lipinski definition) is 1. The van der Waals surface area contributed by atoms with Crippen molar-refractivity contribution >= 4 is 40.5 Å². The van der Waals surface area contributed by atoms with Gasteiger partial charge < -0.3 is 10.1 Å². The van der Waals surface area contributed by atoms with Gasteiger partial charge in [-0.15, -0.1) is 11.3 Å². The predicted molar refractivity (Wildman–Crippen MR) is 100 cm³/mol. The Morgan fingerprint density at radius 3 is 2.80 bits per heavy atom. The molecule has 0 bridgehead atoms. The maximum atomic E-state index is 12.3. The first-order valence-corrected chi connectivity index (χ1v) is 9.39. The first kappa shape index (κ1) is 19.4. The summed E-state index contributed by atoms with van der Waals surface area (Å²) in [4.78, 5) is 30.1. The lowest BCUT2D eigenvalue weighted by molar-refractivity contribution is -0.123. The molecule has 0 fully saturated rings. The van der Waals surface area contributed by atoms with E-state index in [1.807, 2.05) is 6.07 Å². The molecule has 2 aromatic rings. The van der Waals surface area contributed by atoms with Crippen LogP contribution in [0.2, 0.25) is 5.15 Å². The van der Waals surface area contributed by atoms with Crippen LogP contribution in [0, 0.1) is 0 Å². The van der Waals surface area contributed by atoms with Gasteiger partial charge in [0.05, 0.1) is 5.69 Å². The van der Waals surface area contributed by atoms with E-state index in [2.05, 4.69) is 24.1 Å². The van der Waals surface area contributed by atoms with Gasteiger partial charge in [-0.25, -0.2) is 9.78 Å². The molecular formula is C18H21ClN2O3S. The lowest BCUT2D eigenvalue weighted by atomic mass is 10.1. The number of nitrogens with one attached hydrogen (secondary N) is 1. The topological polar surface area (TPSA) is 68.3 Å². The van der Waals surface area contributed by atoms with Crippen molar-refractivity contribution in [1.82, 2.24) is 4.98 Å². The van der Waals surface area contributed by atoms with Gasteiger partial charge in [0.25, 0.3) is 5.91 Å². The molecule has 0 spiro atoms. The number of thiophene rings is 1. The number of halogens is 1. The lowest BCUT2D eigenvalue weighted by Crippen LogP contribution is -2.29. The number of aromatic nitrogens is 1. The minimum atomic E-state index is -0.939. The van der Waals surface area contributed by atoms with E-state index in [4.69, 9.17) is 16.3 Å². The van der Waals surface area contributed by atoms with E-state index in [0.717, 1.165) is 24.8 Å². The first-order valence-electron chi connectivity index (χ1n) is 8.20. The monoisotopic (exact) mass is 380 g/mol. The van der Waals surface area contributed by atoms with Crippen molar-refractivity contribution in [3.05, 3.63) is 44.9 Å². The highest BCUT2D eigenvalue weighted by Gasteiger charge is 2.22. The third-order valence-corrected chi connectivity index (χ3v) is 5.14. The van der Waals surface area contributed by atoms with Crippen molar-refractivity contribution in [1.29, 1.82) is 0 Å². The number of hydrogen-bond acceptors (Lipinski definition) is 5. The van der Waals surface area contributed by atoms with E-state index in [0.29, 0.717) is 10.6 Å². The summed E-state index contributed by atoms with van der Waals surface area (Å²) in [6.45, 7) is 5.69. The number of rotatable bonds is 7. The molecule has 25 heavy (non-hydrogen) atoms. The zero-order valence-corrected chi connectivity index (χ0v) is 16.0. The van der Waals surface area contributed by atoms with Gasteiger partial charge in [0.15, 0.2) is 11.3 Å². The molecule has 0 aliphatic carbocycles. The highest BCUT2D eigenvalue weighted by Crippen LogP contribution is 2.26. The van der Waals surface area contributed by atoms with Crippen LogP contribution in [0.3, 0.4) is 0 Å². The standard InChI is InChI=1S/C18H21ClN2O3S/c1-4-7-14-12(5-2)10-15(25-14)18(23)24-11(3)17(22)21-13-8-6-9-20-16(13)19/h6,8-11H,4-5,7H2,1-3H3,(H,21,22). The van der Waals surface area contributed by atoms with Crippen molar-refractivity contribution in [2.45, 2.75) is 46.1 Å². The predicted octanol–water partition coefficient (Wildman–Crippen LogP) is 4.50. The third kappa shape index (κ3) is 5.03. The highest BCUT2D eigenvalue weighted by atomic mass is 35.5. The van der Waals surface area contributed by atoms with Crippen LogP contribution in [0.25, 0.3) is 0 Å². The van der Waals surface area contributed by atoms with Gasteiger partial charge in [-0.3, -0.25) is 4.79 Å². The molecular weight excluding hydrogens is 360 g/mol. The Balaban J connectivity index is 2.02. The highest BCUT2D eigenvalue weighted by molar-refractivity contribution is 7.14. The summed E-state index contributed by atoms with van der Waals surface area (Å²) in [6.07, 6.45) is 3.42. The van der Waals surface area contributed by atoms with E-state index in [1.54, 1.807) is 12.1 Å². The summed E-state index contributed by atoms with van der Waals surface area (Å²) in [6, 6.07) is 5.15. The second-order valence-corrected chi connectivity index (χ2v) is 7.04. The molecule has 0 aliphatic heterocycles. The second-order valence-electron chi connectivity index (χ2n) is 5.54. The van der Waals surface area contributed by atoms with E-state index < -0.39 is 18.0 Å². The Labute approximate surface area is 156 Å². The van der Waals surface area contributed by atoms with Gasteiger partial charge in [0.2, 0.25) is 0 Å². The minimum Gasteiger partial charge on any atom is -0.448 e. The van der Waals surface area contributed by atoms with Gasteiger partial charge >= 0.3 is 5.97 Å². The molecule has 0 radical (unpaired) electrons. The number of carbonyl (C=O) groups excluding carboxylic acids is 2. The van der Waals surface area contributed by atoms with Crippen molar-refractivity contribution in [3.8, 4) is 0 Å². The number of nitrogens with zero attached hydrogens (tertiary/aromatic N) is 1. The molecule has 1 amide bonds. The molecule has 1 unspecified atom stereocenters. The van der Waals surface area contributed by atoms with Gasteiger partial charge in [-0.1, -0.05) is 31.9 Å². The Kier molecular flexibility index (Phi) is 6.96. The fraction of sp³-hybridized carbons (Fsp3) is 0.389. The second kappa shape index (κ2) is 8.97. The van der Waals surface area contributed by atoms with E-state index >= 15 is 0 Å². The molecule has 0 saturated carbocycles. The van der Waals surface area contributed by atoms with Crippen molar-refractivity contribution in [2.75, 3.05) is 5.32 Å². The van der Waals surface area contributed by atoms with Crippen LogP contribution in [0.4, 0.5) is 5.69 Å². The Morgan fingerprint density at radius 2 is 2.16 bits per heavy atom. The summed E-state index contributed by atoms with van der Waals surface area (Å²) in [5.74, 6) is -0.939. The maximum Gasteiger partial charge on any atom is 0.349 e. The lowest BCUT2D eigenvalue weighted by Gasteiger charge is -2.13. The molecule has 1 N–H and O–H groups in total. The summed E-state index contributed by atoms with van der Waals surface area (Å²) < 4.78 is 5.30. The number of ether oxygens (including phenoxy) is 1. The molecule has 2 rings (SSSR count). The summed E-state index contributed by atoms with van der Waals surface area (Å²) >= 11 is 7.35. The fourth-order valence-corrected chi connectivity index (χ4v) is 3.70. The van der Waals surface area contributed by atoms with Crippen molar-refractivity contribution < 1.29 is 14.3 Å². The average molecular weight is 381 g/mol. The molecule has 1 atom stereocenters. The minimum absolute atomic E-state index is 0.185.